The molecule has 2 heterocycles. The van der Waals surface area contributed by atoms with Gasteiger partial charge in [0.25, 0.3) is 0 Å². The van der Waals surface area contributed by atoms with Crippen molar-refractivity contribution in [1.29, 1.82) is 0 Å². The molecule has 2 aromatic rings. The minimum atomic E-state index is 0.0772. The lowest BCUT2D eigenvalue weighted by Gasteiger charge is -2.26. The van der Waals surface area contributed by atoms with E-state index in [1.807, 2.05) is 48.0 Å². The highest BCUT2D eigenvalue weighted by Gasteiger charge is 2.29. The number of hydrogen-bond donors (Lipinski definition) is 1. The maximum absolute atomic E-state index is 13.0. The molecule has 27 heavy (non-hydrogen) atoms. The smallest absolute Gasteiger partial charge is 0.246 e. The summed E-state index contributed by atoms with van der Waals surface area (Å²) >= 11 is 0. The van der Waals surface area contributed by atoms with E-state index in [1.54, 1.807) is 6.33 Å². The quantitative estimate of drug-likeness (QED) is 0.902. The van der Waals surface area contributed by atoms with Crippen molar-refractivity contribution >= 4 is 23.2 Å². The first-order chi connectivity index (χ1) is 13.1. The Bertz CT molecular complexity index is 831. The number of anilines is 3. The second kappa shape index (κ2) is 7.55. The van der Waals surface area contributed by atoms with Crippen molar-refractivity contribution in [3.63, 3.8) is 0 Å². The van der Waals surface area contributed by atoms with Crippen molar-refractivity contribution < 1.29 is 4.79 Å². The molecule has 1 aliphatic heterocycles. The van der Waals surface area contributed by atoms with Crippen LogP contribution in [0.5, 0.6) is 0 Å². The summed E-state index contributed by atoms with van der Waals surface area (Å²) in [5.74, 6) is 1.79. The Balaban J connectivity index is 1.71. The molecule has 0 saturated heterocycles. The fraction of sp³-hybridized carbons (Fsp3) is 0.476. The van der Waals surface area contributed by atoms with Gasteiger partial charge in [-0.1, -0.05) is 37.5 Å². The van der Waals surface area contributed by atoms with Gasteiger partial charge in [0.2, 0.25) is 5.91 Å². The molecule has 1 aromatic carbocycles. The van der Waals surface area contributed by atoms with Gasteiger partial charge in [-0.2, -0.15) is 0 Å². The van der Waals surface area contributed by atoms with Crippen LogP contribution in [0.15, 0.2) is 30.6 Å². The van der Waals surface area contributed by atoms with Crippen LogP contribution in [-0.4, -0.2) is 35.5 Å². The van der Waals surface area contributed by atoms with Crippen LogP contribution in [0.3, 0.4) is 0 Å². The van der Waals surface area contributed by atoms with Crippen molar-refractivity contribution in [1.82, 2.24) is 9.97 Å². The largest absolute Gasteiger partial charge is 0.367 e. The Kier molecular flexibility index (Phi) is 4.97. The molecule has 1 aliphatic carbocycles. The van der Waals surface area contributed by atoms with E-state index in [4.69, 9.17) is 0 Å². The lowest BCUT2D eigenvalue weighted by molar-refractivity contribution is -0.117. The van der Waals surface area contributed by atoms with Gasteiger partial charge in [0.1, 0.15) is 18.0 Å². The van der Waals surface area contributed by atoms with Gasteiger partial charge in [-0.05, 0) is 31.4 Å². The summed E-state index contributed by atoms with van der Waals surface area (Å²) in [5.41, 5.74) is 3.05. The van der Waals surface area contributed by atoms with Gasteiger partial charge in [-0.3, -0.25) is 4.79 Å². The molecule has 0 radical (unpaired) electrons. The number of amides is 1. The van der Waals surface area contributed by atoms with Gasteiger partial charge >= 0.3 is 0 Å². The Morgan fingerprint density at radius 2 is 1.85 bits per heavy atom. The first-order valence-electron chi connectivity index (χ1n) is 9.81. The number of hydrogen-bond acceptors (Lipinski definition) is 5. The minimum Gasteiger partial charge on any atom is -0.367 e. The van der Waals surface area contributed by atoms with Crippen LogP contribution in [0, 0.1) is 6.92 Å². The molecule has 1 N–H and O–H groups in total. The van der Waals surface area contributed by atoms with Crippen molar-refractivity contribution in [2.45, 2.75) is 51.6 Å². The van der Waals surface area contributed by atoms with Crippen LogP contribution in [-0.2, 0) is 11.3 Å². The van der Waals surface area contributed by atoms with Crippen molar-refractivity contribution in [3.8, 4) is 0 Å². The summed E-state index contributed by atoms with van der Waals surface area (Å²) in [4.78, 5) is 25.8. The van der Waals surface area contributed by atoms with Gasteiger partial charge in [-0.15, -0.1) is 0 Å². The predicted molar refractivity (Wildman–Crippen MR) is 108 cm³/mol. The van der Waals surface area contributed by atoms with Gasteiger partial charge in [0.05, 0.1) is 18.7 Å². The number of rotatable bonds is 3. The third kappa shape index (κ3) is 3.61. The minimum absolute atomic E-state index is 0.0772. The van der Waals surface area contributed by atoms with Crippen LogP contribution in [0.2, 0.25) is 0 Å². The molecule has 6 heteroatoms. The third-order valence-electron chi connectivity index (χ3n) is 5.63. The second-order valence-electron chi connectivity index (χ2n) is 7.63. The zero-order valence-electron chi connectivity index (χ0n) is 16.1. The molecule has 2 aliphatic rings. The van der Waals surface area contributed by atoms with Gasteiger partial charge in [0, 0.05) is 18.8 Å². The number of benzene rings is 1. The number of nitrogens with zero attached hydrogens (tertiary/aromatic N) is 4. The Morgan fingerprint density at radius 3 is 2.63 bits per heavy atom. The van der Waals surface area contributed by atoms with E-state index in [-0.39, 0.29) is 5.91 Å². The summed E-state index contributed by atoms with van der Waals surface area (Å²) in [7, 11) is 1.93. The van der Waals surface area contributed by atoms with Gasteiger partial charge in [0.15, 0.2) is 0 Å². The van der Waals surface area contributed by atoms with E-state index in [2.05, 4.69) is 15.3 Å². The average Bonchev–Trinajstić information content (AvgIpc) is 2.80. The van der Waals surface area contributed by atoms with Gasteiger partial charge in [-0.25, -0.2) is 9.97 Å². The lowest BCUT2D eigenvalue weighted by Crippen LogP contribution is -2.36. The molecule has 1 saturated carbocycles. The van der Waals surface area contributed by atoms with E-state index in [9.17, 15) is 4.79 Å². The monoisotopic (exact) mass is 365 g/mol. The molecule has 0 spiro atoms. The molecule has 1 fully saturated rings. The topological polar surface area (TPSA) is 61.4 Å². The number of carbonyl (C=O) groups is 1. The number of para-hydroxylation sites is 1. The van der Waals surface area contributed by atoms with Crippen molar-refractivity contribution in [2.75, 3.05) is 28.7 Å². The maximum atomic E-state index is 13.0. The normalized spacial score (nSPS) is 18.2. The summed E-state index contributed by atoms with van der Waals surface area (Å²) in [6.07, 6.45) is 7.80. The lowest BCUT2D eigenvalue weighted by atomic mass is 9.95. The highest BCUT2D eigenvalue weighted by molar-refractivity contribution is 5.98. The first kappa shape index (κ1) is 17.8. The van der Waals surface area contributed by atoms with Crippen LogP contribution >= 0.6 is 0 Å². The second-order valence-corrected chi connectivity index (χ2v) is 7.63. The number of aromatic nitrogens is 2. The molecule has 0 unspecified atom stereocenters. The van der Waals surface area contributed by atoms with Gasteiger partial charge < -0.3 is 15.1 Å². The fourth-order valence-electron chi connectivity index (χ4n) is 4.14. The third-order valence-corrected chi connectivity index (χ3v) is 5.63. The number of likely N-dealkylation sites (N-methyl/N-ethyl adjacent to an activating group) is 1. The number of carbonyl (C=O) groups excluding carboxylic acids is 1. The van der Waals surface area contributed by atoms with Crippen LogP contribution < -0.4 is 15.1 Å². The maximum Gasteiger partial charge on any atom is 0.246 e. The van der Waals surface area contributed by atoms with Crippen LogP contribution in [0.25, 0.3) is 0 Å². The zero-order valence-corrected chi connectivity index (χ0v) is 16.1. The van der Waals surface area contributed by atoms with E-state index in [0.717, 1.165) is 28.5 Å². The Morgan fingerprint density at radius 1 is 1.07 bits per heavy atom. The predicted octanol–water partition coefficient (Wildman–Crippen LogP) is 3.51. The summed E-state index contributed by atoms with van der Waals surface area (Å²) in [6.45, 7) is 2.83. The molecule has 4 rings (SSSR count). The molecule has 1 amide bonds. The molecule has 0 bridgehead atoms. The fourth-order valence-corrected chi connectivity index (χ4v) is 4.14. The Labute approximate surface area is 160 Å². The summed E-state index contributed by atoms with van der Waals surface area (Å²) in [5, 5.41) is 3.64. The average molecular weight is 365 g/mol. The standard InChI is InChI=1S/C21H27N5O/c1-15-8-6-7-11-18(15)26-12-17-20(24-16-9-4-3-5-10-16)22-14-23-21(17)25(2)13-19(26)27/h6-8,11,14,16H,3-5,9-10,12-13H2,1-2H3,(H,22,23,24). The van der Waals surface area contributed by atoms with E-state index >= 15 is 0 Å². The summed E-state index contributed by atoms with van der Waals surface area (Å²) < 4.78 is 0. The Hall–Kier alpha value is -2.63. The number of nitrogens with one attached hydrogen (secondary N) is 1. The number of fused-ring (bicyclic) bond motifs is 1. The molecule has 142 valence electrons. The molecular formula is C21H27N5O. The van der Waals surface area contributed by atoms with Crippen LogP contribution in [0.4, 0.5) is 17.3 Å². The van der Waals surface area contributed by atoms with E-state index < -0.39 is 0 Å². The zero-order chi connectivity index (χ0) is 18.8. The highest BCUT2D eigenvalue weighted by Crippen LogP contribution is 2.32. The highest BCUT2D eigenvalue weighted by atomic mass is 16.2. The van der Waals surface area contributed by atoms with Crippen LogP contribution in [0.1, 0.15) is 43.2 Å². The molecular weight excluding hydrogens is 338 g/mol. The van der Waals surface area contributed by atoms with Crippen molar-refractivity contribution in [2.24, 2.45) is 0 Å². The molecule has 1 aromatic heterocycles. The molecule has 0 atom stereocenters. The van der Waals surface area contributed by atoms with Crippen molar-refractivity contribution in [3.05, 3.63) is 41.7 Å². The first-order valence-corrected chi connectivity index (χ1v) is 9.81. The summed E-state index contributed by atoms with van der Waals surface area (Å²) in [6, 6.07) is 8.49. The molecule has 6 nitrogen and oxygen atoms in total. The SMILES string of the molecule is Cc1ccccc1N1Cc2c(NC3CCCCC3)ncnc2N(C)CC1=O. The van der Waals surface area contributed by atoms with E-state index in [0.29, 0.717) is 19.1 Å². The number of aryl methyl sites for hydroxylation is 1. The van der Waals surface area contributed by atoms with E-state index in [1.165, 1.54) is 32.1 Å².